The lowest BCUT2D eigenvalue weighted by molar-refractivity contribution is 0.299. The fraction of sp³-hybridized carbons (Fsp3) is 0.500. The van der Waals surface area contributed by atoms with Crippen LogP contribution in [0.3, 0.4) is 0 Å². The van der Waals surface area contributed by atoms with Crippen LogP contribution in [-0.2, 0) is 0 Å². The molecule has 1 saturated carbocycles. The summed E-state index contributed by atoms with van der Waals surface area (Å²) < 4.78 is 2.54. The molecule has 0 N–H and O–H groups in total. The summed E-state index contributed by atoms with van der Waals surface area (Å²) in [6.45, 7) is 3.38. The van der Waals surface area contributed by atoms with Crippen molar-refractivity contribution in [3.63, 3.8) is 0 Å². The molecule has 25 heavy (non-hydrogen) atoms. The Morgan fingerprint density at radius 3 is 2.80 bits per heavy atom. The van der Waals surface area contributed by atoms with Crippen molar-refractivity contribution in [2.24, 2.45) is 4.99 Å². The number of pyridine rings is 1. The molecular weight excluding hydrogens is 328 g/mol. The smallest absolute Gasteiger partial charge is 0.160 e. The molecule has 5 heteroatoms. The van der Waals surface area contributed by atoms with Crippen molar-refractivity contribution >= 4 is 16.9 Å². The van der Waals surface area contributed by atoms with Gasteiger partial charge in [-0.2, -0.15) is 0 Å². The van der Waals surface area contributed by atoms with E-state index in [1.807, 2.05) is 24.0 Å². The number of fused-ring (bicyclic) bond motifs is 1. The van der Waals surface area contributed by atoms with Gasteiger partial charge in [-0.05, 0) is 37.1 Å². The molecule has 130 valence electrons. The zero-order chi connectivity index (χ0) is 16.8. The Balaban J connectivity index is 1.57. The first-order valence-corrected chi connectivity index (χ1v) is 10.3. The molecule has 2 aromatic heterocycles. The molecule has 0 bridgehead atoms. The van der Waals surface area contributed by atoms with E-state index in [1.54, 1.807) is 0 Å². The van der Waals surface area contributed by atoms with E-state index in [2.05, 4.69) is 51.8 Å². The fourth-order valence-corrected chi connectivity index (χ4v) is 5.70. The number of amidine groups is 1. The Kier molecular flexibility index (Phi) is 3.85. The van der Waals surface area contributed by atoms with E-state index < -0.39 is 0 Å². The third kappa shape index (κ3) is 2.60. The van der Waals surface area contributed by atoms with Crippen LogP contribution in [0.2, 0.25) is 0 Å². The summed E-state index contributed by atoms with van der Waals surface area (Å²) in [4.78, 5) is 12.3. The average molecular weight is 353 g/mol. The first-order valence-electron chi connectivity index (χ1n) is 9.40. The number of aliphatic imine (C=N–C) groups is 1. The summed E-state index contributed by atoms with van der Waals surface area (Å²) >= 11 is 1.91. The molecule has 3 atom stereocenters. The van der Waals surface area contributed by atoms with Crippen molar-refractivity contribution in [2.75, 3.05) is 6.54 Å². The van der Waals surface area contributed by atoms with Crippen LogP contribution < -0.4 is 0 Å². The van der Waals surface area contributed by atoms with Crippen LogP contribution in [0, 0.1) is 0 Å². The van der Waals surface area contributed by atoms with Crippen LogP contribution in [0.4, 0.5) is 0 Å². The number of hydrogen-bond donors (Lipinski definition) is 0. The van der Waals surface area contributed by atoms with Crippen molar-refractivity contribution < 1.29 is 0 Å². The van der Waals surface area contributed by atoms with Gasteiger partial charge in [-0.3, -0.25) is 9.98 Å². The van der Waals surface area contributed by atoms with E-state index >= 15 is 0 Å². The third-order valence-electron chi connectivity index (χ3n) is 5.71. The SMILES string of the molecule is CC1CN2C(=NC(c3ccccn3)C2c2cccn2C2CCCC2)S1. The van der Waals surface area contributed by atoms with Gasteiger partial charge in [0.2, 0.25) is 0 Å². The van der Waals surface area contributed by atoms with Crippen molar-refractivity contribution in [1.29, 1.82) is 0 Å². The van der Waals surface area contributed by atoms with Crippen LogP contribution in [0.25, 0.3) is 0 Å². The van der Waals surface area contributed by atoms with Gasteiger partial charge in [-0.25, -0.2) is 0 Å². The maximum absolute atomic E-state index is 5.11. The Morgan fingerprint density at radius 2 is 2.00 bits per heavy atom. The number of hydrogen-bond acceptors (Lipinski definition) is 4. The summed E-state index contributed by atoms with van der Waals surface area (Å²) in [5.41, 5.74) is 2.50. The minimum atomic E-state index is 0.103. The van der Waals surface area contributed by atoms with Gasteiger partial charge in [0.05, 0.1) is 11.7 Å². The van der Waals surface area contributed by atoms with Gasteiger partial charge in [-0.1, -0.05) is 37.6 Å². The highest BCUT2D eigenvalue weighted by Crippen LogP contribution is 2.48. The van der Waals surface area contributed by atoms with E-state index in [1.165, 1.54) is 36.5 Å². The molecule has 5 rings (SSSR count). The highest BCUT2D eigenvalue weighted by atomic mass is 32.2. The molecule has 2 aromatic rings. The lowest BCUT2D eigenvalue weighted by Gasteiger charge is -2.30. The predicted octanol–water partition coefficient (Wildman–Crippen LogP) is 4.59. The van der Waals surface area contributed by atoms with E-state index in [0.29, 0.717) is 11.3 Å². The molecule has 3 unspecified atom stereocenters. The van der Waals surface area contributed by atoms with Gasteiger partial charge in [0, 0.05) is 35.9 Å². The van der Waals surface area contributed by atoms with Gasteiger partial charge >= 0.3 is 0 Å². The van der Waals surface area contributed by atoms with Crippen molar-refractivity contribution in [1.82, 2.24) is 14.5 Å². The zero-order valence-electron chi connectivity index (χ0n) is 14.6. The summed E-state index contributed by atoms with van der Waals surface area (Å²) in [5.74, 6) is 0. The first kappa shape index (κ1) is 15.5. The van der Waals surface area contributed by atoms with Crippen molar-refractivity contribution in [3.05, 3.63) is 54.1 Å². The maximum atomic E-state index is 5.11. The summed E-state index contributed by atoms with van der Waals surface area (Å²) in [6.07, 6.45) is 9.50. The Hall–Kier alpha value is -1.75. The van der Waals surface area contributed by atoms with Gasteiger partial charge in [0.25, 0.3) is 0 Å². The van der Waals surface area contributed by atoms with E-state index in [0.717, 1.165) is 12.2 Å². The largest absolute Gasteiger partial charge is 0.346 e. The highest BCUT2D eigenvalue weighted by molar-refractivity contribution is 8.14. The fourth-order valence-electron chi connectivity index (χ4n) is 4.61. The average Bonchev–Trinajstić information content (AvgIpc) is 3.38. The molecule has 0 amide bonds. The molecular formula is C20H24N4S. The van der Waals surface area contributed by atoms with Crippen molar-refractivity contribution in [3.8, 4) is 0 Å². The number of rotatable bonds is 3. The molecule has 4 nitrogen and oxygen atoms in total. The minimum Gasteiger partial charge on any atom is -0.346 e. The molecule has 1 saturated heterocycles. The number of aromatic nitrogens is 2. The number of nitrogens with zero attached hydrogens (tertiary/aromatic N) is 4. The second kappa shape index (κ2) is 6.20. The van der Waals surface area contributed by atoms with E-state index in [9.17, 15) is 0 Å². The Labute approximate surface area is 153 Å². The molecule has 4 heterocycles. The Morgan fingerprint density at radius 1 is 1.12 bits per heavy atom. The first-order chi connectivity index (χ1) is 12.3. The van der Waals surface area contributed by atoms with Gasteiger partial charge in [0.1, 0.15) is 6.04 Å². The second-order valence-electron chi connectivity index (χ2n) is 7.42. The van der Waals surface area contributed by atoms with E-state index in [-0.39, 0.29) is 12.1 Å². The molecule has 3 aliphatic rings. The van der Waals surface area contributed by atoms with Crippen LogP contribution in [-0.4, -0.2) is 31.4 Å². The molecule has 2 aliphatic heterocycles. The summed E-state index contributed by atoms with van der Waals surface area (Å²) in [7, 11) is 0. The molecule has 0 spiro atoms. The minimum absolute atomic E-state index is 0.103. The van der Waals surface area contributed by atoms with Crippen molar-refractivity contribution in [2.45, 2.75) is 56.0 Å². The van der Waals surface area contributed by atoms with Gasteiger partial charge in [-0.15, -0.1) is 0 Å². The van der Waals surface area contributed by atoms with Crippen LogP contribution >= 0.6 is 11.8 Å². The van der Waals surface area contributed by atoms with E-state index in [4.69, 9.17) is 4.99 Å². The molecule has 1 aliphatic carbocycles. The van der Waals surface area contributed by atoms with Gasteiger partial charge < -0.3 is 9.47 Å². The topological polar surface area (TPSA) is 33.4 Å². The summed E-state index contributed by atoms with van der Waals surface area (Å²) in [6, 6.07) is 11.8. The normalized spacial score (nSPS) is 29.2. The Bertz CT molecular complexity index is 778. The highest BCUT2D eigenvalue weighted by Gasteiger charge is 2.44. The molecule has 2 fully saturated rings. The van der Waals surface area contributed by atoms with Crippen LogP contribution in [0.15, 0.2) is 47.7 Å². The quantitative estimate of drug-likeness (QED) is 0.810. The zero-order valence-corrected chi connectivity index (χ0v) is 15.4. The lowest BCUT2D eigenvalue weighted by Crippen LogP contribution is -2.30. The lowest BCUT2D eigenvalue weighted by atomic mass is 10.0. The van der Waals surface area contributed by atoms with Crippen LogP contribution in [0.1, 0.15) is 62.1 Å². The maximum Gasteiger partial charge on any atom is 0.160 e. The number of thioether (sulfide) groups is 1. The predicted molar refractivity (Wildman–Crippen MR) is 103 cm³/mol. The van der Waals surface area contributed by atoms with Crippen LogP contribution in [0.5, 0.6) is 0 Å². The molecule has 0 aromatic carbocycles. The standard InChI is InChI=1S/C20H24N4S/c1-14-13-24-19(17-10-6-12-23(17)15-7-2-3-8-15)18(22-20(24)25-14)16-9-4-5-11-21-16/h4-6,9-12,14-15,18-19H,2-3,7-8,13H2,1H3. The summed E-state index contributed by atoms with van der Waals surface area (Å²) in [5, 5.41) is 1.81. The monoisotopic (exact) mass is 352 g/mol. The third-order valence-corrected chi connectivity index (χ3v) is 6.82. The van der Waals surface area contributed by atoms with Gasteiger partial charge in [0.15, 0.2) is 5.17 Å². The second-order valence-corrected chi connectivity index (χ2v) is 8.82. The molecule has 0 radical (unpaired) electrons.